The zero-order valence-electron chi connectivity index (χ0n) is 8.47. The van der Waals surface area contributed by atoms with Gasteiger partial charge in [-0.15, -0.1) is 11.6 Å². The van der Waals surface area contributed by atoms with E-state index in [9.17, 15) is 4.79 Å². The highest BCUT2D eigenvalue weighted by molar-refractivity contribution is 6.17. The first-order chi connectivity index (χ1) is 6.07. The highest BCUT2D eigenvalue weighted by atomic mass is 35.5. The minimum Gasteiger partial charge on any atom is -0.462 e. The number of hydrogen-bond donors (Lipinski definition) is 1. The standard InChI is InChI=1S/C9H18ClNO2/c1-7(2)13-9(12)8(3)11-6-4-5-10/h7-8,11H,4-6H2,1-3H3/t8-/m0/s1. The van der Waals surface area contributed by atoms with Gasteiger partial charge in [0.05, 0.1) is 6.10 Å². The van der Waals surface area contributed by atoms with Gasteiger partial charge in [-0.05, 0) is 33.7 Å². The number of hydrogen-bond acceptors (Lipinski definition) is 3. The molecule has 0 aliphatic carbocycles. The van der Waals surface area contributed by atoms with Gasteiger partial charge in [-0.1, -0.05) is 0 Å². The Labute approximate surface area is 84.8 Å². The summed E-state index contributed by atoms with van der Waals surface area (Å²) in [6, 6.07) is -0.245. The van der Waals surface area contributed by atoms with E-state index in [-0.39, 0.29) is 18.1 Å². The maximum atomic E-state index is 11.2. The molecule has 3 nitrogen and oxygen atoms in total. The van der Waals surface area contributed by atoms with Gasteiger partial charge < -0.3 is 10.1 Å². The van der Waals surface area contributed by atoms with E-state index in [4.69, 9.17) is 16.3 Å². The topological polar surface area (TPSA) is 38.3 Å². The molecule has 0 rings (SSSR count). The molecule has 0 aromatic carbocycles. The van der Waals surface area contributed by atoms with Crippen LogP contribution in [0.3, 0.4) is 0 Å². The maximum absolute atomic E-state index is 11.2. The van der Waals surface area contributed by atoms with Gasteiger partial charge in [0.15, 0.2) is 0 Å². The van der Waals surface area contributed by atoms with Crippen molar-refractivity contribution in [1.82, 2.24) is 5.32 Å². The molecule has 13 heavy (non-hydrogen) atoms. The van der Waals surface area contributed by atoms with E-state index in [1.165, 1.54) is 0 Å². The molecule has 0 heterocycles. The van der Waals surface area contributed by atoms with Gasteiger partial charge in [-0.3, -0.25) is 4.79 Å². The Morgan fingerprint density at radius 1 is 1.46 bits per heavy atom. The number of carbonyl (C=O) groups excluding carboxylic acids is 1. The molecular formula is C9H18ClNO2. The molecule has 1 atom stereocenters. The summed E-state index contributed by atoms with van der Waals surface area (Å²) >= 11 is 5.49. The molecule has 0 spiro atoms. The smallest absolute Gasteiger partial charge is 0.323 e. The second-order valence-electron chi connectivity index (χ2n) is 3.20. The first kappa shape index (κ1) is 12.7. The van der Waals surface area contributed by atoms with Gasteiger partial charge in [-0.2, -0.15) is 0 Å². The number of carbonyl (C=O) groups is 1. The van der Waals surface area contributed by atoms with E-state index in [1.807, 2.05) is 13.8 Å². The molecule has 4 heteroatoms. The van der Waals surface area contributed by atoms with Gasteiger partial charge in [0.1, 0.15) is 6.04 Å². The Hall–Kier alpha value is -0.280. The minimum atomic E-state index is -0.245. The second-order valence-corrected chi connectivity index (χ2v) is 3.58. The third kappa shape index (κ3) is 6.84. The van der Waals surface area contributed by atoms with Gasteiger partial charge in [-0.25, -0.2) is 0 Å². The van der Waals surface area contributed by atoms with Crippen LogP contribution in [-0.4, -0.2) is 30.5 Å². The van der Waals surface area contributed by atoms with Crippen molar-refractivity contribution >= 4 is 17.6 Å². The lowest BCUT2D eigenvalue weighted by atomic mass is 10.3. The van der Waals surface area contributed by atoms with Crippen LogP contribution < -0.4 is 5.32 Å². The van der Waals surface area contributed by atoms with Gasteiger partial charge in [0.25, 0.3) is 0 Å². The summed E-state index contributed by atoms with van der Waals surface area (Å²) < 4.78 is 5.01. The SMILES string of the molecule is CC(C)OC(=O)[C@H](C)NCCCCl. The van der Waals surface area contributed by atoms with Crippen molar-refractivity contribution in [1.29, 1.82) is 0 Å². The van der Waals surface area contributed by atoms with Crippen LogP contribution in [0.1, 0.15) is 27.2 Å². The molecule has 0 bridgehead atoms. The van der Waals surface area contributed by atoms with Gasteiger partial charge >= 0.3 is 5.97 Å². The second kappa shape index (κ2) is 7.15. The minimum absolute atomic E-state index is 0.0511. The first-order valence-corrected chi connectivity index (χ1v) is 5.11. The van der Waals surface area contributed by atoms with Crippen LogP contribution in [0.25, 0.3) is 0 Å². The summed E-state index contributed by atoms with van der Waals surface area (Å²) in [5.74, 6) is 0.406. The van der Waals surface area contributed by atoms with Crippen LogP contribution in [0.4, 0.5) is 0 Å². The van der Waals surface area contributed by atoms with Crippen LogP contribution >= 0.6 is 11.6 Å². The van der Waals surface area contributed by atoms with E-state index in [1.54, 1.807) is 6.92 Å². The van der Waals surface area contributed by atoms with Crippen LogP contribution in [0, 0.1) is 0 Å². The van der Waals surface area contributed by atoms with Crippen molar-refractivity contribution in [2.75, 3.05) is 12.4 Å². The molecule has 0 saturated carbocycles. The molecule has 0 aliphatic heterocycles. The molecule has 0 unspecified atom stereocenters. The van der Waals surface area contributed by atoms with Gasteiger partial charge in [0, 0.05) is 5.88 Å². The van der Waals surface area contributed by atoms with E-state index in [0.29, 0.717) is 5.88 Å². The summed E-state index contributed by atoms with van der Waals surface area (Å²) in [7, 11) is 0. The number of ether oxygens (including phenoxy) is 1. The van der Waals surface area contributed by atoms with Crippen molar-refractivity contribution in [2.45, 2.75) is 39.3 Å². The molecule has 78 valence electrons. The van der Waals surface area contributed by atoms with E-state index in [0.717, 1.165) is 13.0 Å². The van der Waals surface area contributed by atoms with Gasteiger partial charge in [0.2, 0.25) is 0 Å². The Balaban J connectivity index is 3.57. The van der Waals surface area contributed by atoms with Crippen LogP contribution in [-0.2, 0) is 9.53 Å². The summed E-state index contributed by atoms with van der Waals surface area (Å²) in [4.78, 5) is 11.2. The third-order valence-electron chi connectivity index (χ3n) is 1.47. The number of rotatable bonds is 6. The van der Waals surface area contributed by atoms with Crippen molar-refractivity contribution in [3.8, 4) is 0 Å². The summed E-state index contributed by atoms with van der Waals surface area (Å²) in [6.07, 6.45) is 0.811. The number of alkyl halides is 1. The average Bonchev–Trinajstić information content (AvgIpc) is 2.03. The maximum Gasteiger partial charge on any atom is 0.323 e. The Morgan fingerprint density at radius 3 is 2.54 bits per heavy atom. The molecule has 0 aromatic heterocycles. The zero-order chi connectivity index (χ0) is 10.3. The number of nitrogens with one attached hydrogen (secondary N) is 1. The molecular weight excluding hydrogens is 190 g/mol. The van der Waals surface area contributed by atoms with E-state index in [2.05, 4.69) is 5.32 Å². The molecule has 0 aliphatic rings. The van der Waals surface area contributed by atoms with Crippen LogP contribution in [0.2, 0.25) is 0 Å². The highest BCUT2D eigenvalue weighted by Gasteiger charge is 2.14. The van der Waals surface area contributed by atoms with Crippen LogP contribution in [0.5, 0.6) is 0 Å². The largest absolute Gasteiger partial charge is 0.462 e. The highest BCUT2D eigenvalue weighted by Crippen LogP contribution is 1.94. The fourth-order valence-corrected chi connectivity index (χ4v) is 0.937. The monoisotopic (exact) mass is 207 g/mol. The fraction of sp³-hybridized carbons (Fsp3) is 0.889. The molecule has 0 aromatic rings. The lowest BCUT2D eigenvalue weighted by Gasteiger charge is -2.14. The number of halogens is 1. The third-order valence-corrected chi connectivity index (χ3v) is 1.73. The fourth-order valence-electron chi connectivity index (χ4n) is 0.803. The first-order valence-electron chi connectivity index (χ1n) is 4.57. The normalized spacial score (nSPS) is 13.0. The van der Waals surface area contributed by atoms with Crippen molar-refractivity contribution < 1.29 is 9.53 Å². The molecule has 0 saturated heterocycles. The van der Waals surface area contributed by atoms with Crippen molar-refractivity contribution in [3.63, 3.8) is 0 Å². The van der Waals surface area contributed by atoms with Crippen molar-refractivity contribution in [2.24, 2.45) is 0 Å². The lowest BCUT2D eigenvalue weighted by molar-refractivity contribution is -0.149. The van der Waals surface area contributed by atoms with E-state index >= 15 is 0 Å². The summed E-state index contributed by atoms with van der Waals surface area (Å²) in [6.45, 7) is 6.21. The lowest BCUT2D eigenvalue weighted by Crippen LogP contribution is -2.37. The molecule has 0 amide bonds. The quantitative estimate of drug-likeness (QED) is 0.408. The molecule has 0 radical (unpaired) electrons. The van der Waals surface area contributed by atoms with Crippen LogP contribution in [0.15, 0.2) is 0 Å². The van der Waals surface area contributed by atoms with Crippen molar-refractivity contribution in [3.05, 3.63) is 0 Å². The summed E-state index contributed by atoms with van der Waals surface area (Å²) in [5, 5.41) is 3.03. The zero-order valence-corrected chi connectivity index (χ0v) is 9.23. The predicted octanol–water partition coefficient (Wildman–Crippen LogP) is 1.54. The summed E-state index contributed by atoms with van der Waals surface area (Å²) in [5.41, 5.74) is 0. The Bertz CT molecular complexity index is 151. The predicted molar refractivity (Wildman–Crippen MR) is 54.0 cm³/mol. The molecule has 1 N–H and O–H groups in total. The number of esters is 1. The Kier molecular flexibility index (Phi) is 7.00. The Morgan fingerprint density at radius 2 is 2.08 bits per heavy atom. The average molecular weight is 208 g/mol. The van der Waals surface area contributed by atoms with E-state index < -0.39 is 0 Å². The molecule has 0 fully saturated rings.